The van der Waals surface area contributed by atoms with Crippen LogP contribution in [0, 0.1) is 0 Å². The molecule has 0 fully saturated rings. The average Bonchev–Trinajstić information content (AvgIpc) is 2.30. The van der Waals surface area contributed by atoms with Crippen LogP contribution in [-0.2, 0) is 0 Å². The van der Waals surface area contributed by atoms with Gasteiger partial charge in [0.05, 0.1) is 12.2 Å². The van der Waals surface area contributed by atoms with Crippen molar-refractivity contribution in [1.82, 2.24) is 0 Å². The van der Waals surface area contributed by atoms with Crippen molar-refractivity contribution in [3.8, 4) is 11.5 Å². The summed E-state index contributed by atoms with van der Waals surface area (Å²) in [7, 11) is 0. The molecule has 3 heteroatoms. The van der Waals surface area contributed by atoms with Gasteiger partial charge in [-0.25, -0.2) is 0 Å². The zero-order chi connectivity index (χ0) is 14.4. The van der Waals surface area contributed by atoms with Crippen LogP contribution >= 0.6 is 0 Å². The Bertz CT molecular complexity index is 422. The van der Waals surface area contributed by atoms with Crippen LogP contribution in [0.3, 0.4) is 0 Å². The van der Waals surface area contributed by atoms with Crippen molar-refractivity contribution in [2.24, 2.45) is 0 Å². The summed E-state index contributed by atoms with van der Waals surface area (Å²) in [6.45, 7) is 9.85. The highest BCUT2D eigenvalue weighted by atomic mass is 16.5. The summed E-state index contributed by atoms with van der Waals surface area (Å²) >= 11 is 0. The van der Waals surface area contributed by atoms with E-state index in [9.17, 15) is 4.79 Å². The van der Waals surface area contributed by atoms with E-state index < -0.39 is 0 Å². The van der Waals surface area contributed by atoms with E-state index in [2.05, 4.69) is 0 Å². The summed E-state index contributed by atoms with van der Waals surface area (Å²) < 4.78 is 11.4. The second-order valence-electron chi connectivity index (χ2n) is 5.17. The molecule has 0 unspecified atom stereocenters. The molecule has 0 aliphatic rings. The first kappa shape index (κ1) is 15.5. The highest BCUT2D eigenvalue weighted by Crippen LogP contribution is 2.30. The summed E-state index contributed by atoms with van der Waals surface area (Å²) in [6.07, 6.45) is 1.53. The minimum absolute atomic E-state index is 0.0473. The highest BCUT2D eigenvalue weighted by Gasteiger charge is 2.13. The van der Waals surface area contributed by atoms with Gasteiger partial charge in [-0.2, -0.15) is 0 Å². The summed E-state index contributed by atoms with van der Waals surface area (Å²) in [4.78, 5) is 11.9. The van der Waals surface area contributed by atoms with E-state index in [1.165, 1.54) is 0 Å². The molecule has 0 aromatic heterocycles. The van der Waals surface area contributed by atoms with Crippen LogP contribution in [0.15, 0.2) is 18.2 Å². The average molecular weight is 264 g/mol. The standard InChI is InChI=1S/C16H24O3/c1-6-7-14(17)13-8-9-15(18-11(2)3)16(10-13)19-12(4)5/h8-12H,6-7H2,1-5H3. The Balaban J connectivity index is 3.03. The molecule has 1 aromatic rings. The maximum atomic E-state index is 11.9. The molecule has 106 valence electrons. The van der Waals surface area contributed by atoms with Crippen molar-refractivity contribution in [3.63, 3.8) is 0 Å². The van der Waals surface area contributed by atoms with Crippen molar-refractivity contribution in [2.75, 3.05) is 0 Å². The first-order chi connectivity index (χ1) is 8.93. The maximum absolute atomic E-state index is 11.9. The van der Waals surface area contributed by atoms with Crippen LogP contribution in [0.4, 0.5) is 0 Å². The number of carbonyl (C=O) groups is 1. The molecule has 1 aromatic carbocycles. The Kier molecular flexibility index (Phi) is 5.87. The number of ketones is 1. The number of Topliss-reactive ketones (excluding diaryl/α,β-unsaturated/α-hetero) is 1. The summed E-state index contributed by atoms with van der Waals surface area (Å²) in [6, 6.07) is 5.42. The van der Waals surface area contributed by atoms with Crippen LogP contribution in [0.25, 0.3) is 0 Å². The molecule has 0 spiro atoms. The van der Waals surface area contributed by atoms with Gasteiger partial charge in [0.1, 0.15) is 0 Å². The Morgan fingerprint density at radius 3 is 2.16 bits per heavy atom. The fourth-order valence-corrected chi connectivity index (χ4v) is 1.75. The Morgan fingerprint density at radius 1 is 1.05 bits per heavy atom. The minimum atomic E-state index is 0.0473. The molecule has 0 N–H and O–H groups in total. The van der Waals surface area contributed by atoms with E-state index in [4.69, 9.17) is 9.47 Å². The van der Waals surface area contributed by atoms with Crippen molar-refractivity contribution in [2.45, 2.75) is 59.7 Å². The normalized spacial score (nSPS) is 10.9. The van der Waals surface area contributed by atoms with Gasteiger partial charge in [-0.3, -0.25) is 4.79 Å². The third kappa shape index (κ3) is 4.93. The number of rotatable bonds is 7. The van der Waals surface area contributed by atoms with Gasteiger partial charge in [0.15, 0.2) is 17.3 Å². The molecule has 0 amide bonds. The van der Waals surface area contributed by atoms with Crippen molar-refractivity contribution >= 4 is 5.78 Å². The largest absolute Gasteiger partial charge is 0.487 e. The molecule has 0 saturated heterocycles. The summed E-state index contributed by atoms with van der Waals surface area (Å²) in [5.74, 6) is 1.48. The van der Waals surface area contributed by atoms with Gasteiger partial charge in [-0.15, -0.1) is 0 Å². The zero-order valence-corrected chi connectivity index (χ0v) is 12.5. The van der Waals surface area contributed by atoms with Crippen molar-refractivity contribution < 1.29 is 14.3 Å². The lowest BCUT2D eigenvalue weighted by Gasteiger charge is -2.17. The number of carbonyl (C=O) groups excluding carboxylic acids is 1. The van der Waals surface area contributed by atoms with Crippen LogP contribution in [0.1, 0.15) is 57.8 Å². The molecule has 0 atom stereocenters. The Hall–Kier alpha value is -1.51. The fraction of sp³-hybridized carbons (Fsp3) is 0.562. The number of hydrogen-bond acceptors (Lipinski definition) is 3. The second kappa shape index (κ2) is 7.17. The predicted octanol–water partition coefficient (Wildman–Crippen LogP) is 4.24. The van der Waals surface area contributed by atoms with Crippen LogP contribution in [-0.4, -0.2) is 18.0 Å². The molecule has 19 heavy (non-hydrogen) atoms. The smallest absolute Gasteiger partial charge is 0.163 e. The second-order valence-corrected chi connectivity index (χ2v) is 5.17. The molecule has 0 radical (unpaired) electrons. The van der Waals surface area contributed by atoms with Gasteiger partial charge in [0.2, 0.25) is 0 Å². The molecular formula is C16H24O3. The zero-order valence-electron chi connectivity index (χ0n) is 12.5. The molecule has 0 heterocycles. The first-order valence-electron chi connectivity index (χ1n) is 6.94. The molecular weight excluding hydrogens is 240 g/mol. The van der Waals surface area contributed by atoms with E-state index in [1.54, 1.807) is 6.07 Å². The molecule has 0 bridgehead atoms. The van der Waals surface area contributed by atoms with E-state index in [0.29, 0.717) is 23.5 Å². The Morgan fingerprint density at radius 2 is 1.63 bits per heavy atom. The predicted molar refractivity (Wildman–Crippen MR) is 77.2 cm³/mol. The van der Waals surface area contributed by atoms with Gasteiger partial charge in [0, 0.05) is 12.0 Å². The lowest BCUT2D eigenvalue weighted by Crippen LogP contribution is -2.11. The topological polar surface area (TPSA) is 35.5 Å². The van der Waals surface area contributed by atoms with Crippen molar-refractivity contribution in [1.29, 1.82) is 0 Å². The van der Waals surface area contributed by atoms with E-state index in [1.807, 2.05) is 46.8 Å². The molecule has 0 saturated carbocycles. The maximum Gasteiger partial charge on any atom is 0.163 e. The third-order valence-corrected chi connectivity index (χ3v) is 2.47. The molecule has 0 aliphatic heterocycles. The van der Waals surface area contributed by atoms with Gasteiger partial charge < -0.3 is 9.47 Å². The van der Waals surface area contributed by atoms with Gasteiger partial charge in [0.25, 0.3) is 0 Å². The lowest BCUT2D eigenvalue weighted by molar-refractivity contribution is 0.0981. The van der Waals surface area contributed by atoms with E-state index >= 15 is 0 Å². The van der Waals surface area contributed by atoms with Crippen LogP contribution < -0.4 is 9.47 Å². The number of ether oxygens (including phenoxy) is 2. The highest BCUT2D eigenvalue weighted by molar-refractivity contribution is 5.96. The van der Waals surface area contributed by atoms with E-state index in [-0.39, 0.29) is 18.0 Å². The van der Waals surface area contributed by atoms with Crippen LogP contribution in [0.5, 0.6) is 11.5 Å². The molecule has 0 aliphatic carbocycles. The number of hydrogen-bond donors (Lipinski definition) is 0. The summed E-state index contributed by atoms with van der Waals surface area (Å²) in [5.41, 5.74) is 0.689. The van der Waals surface area contributed by atoms with Crippen LogP contribution in [0.2, 0.25) is 0 Å². The lowest BCUT2D eigenvalue weighted by atomic mass is 10.1. The fourth-order valence-electron chi connectivity index (χ4n) is 1.75. The van der Waals surface area contributed by atoms with Gasteiger partial charge in [-0.1, -0.05) is 6.92 Å². The SMILES string of the molecule is CCCC(=O)c1ccc(OC(C)C)c(OC(C)C)c1. The summed E-state index contributed by atoms with van der Waals surface area (Å²) in [5, 5.41) is 0. The Labute approximate surface area is 115 Å². The van der Waals surface area contributed by atoms with Crippen molar-refractivity contribution in [3.05, 3.63) is 23.8 Å². The van der Waals surface area contributed by atoms with Gasteiger partial charge >= 0.3 is 0 Å². The van der Waals surface area contributed by atoms with Gasteiger partial charge in [-0.05, 0) is 52.3 Å². The number of benzene rings is 1. The molecule has 1 rings (SSSR count). The third-order valence-electron chi connectivity index (χ3n) is 2.47. The molecule has 3 nitrogen and oxygen atoms in total. The first-order valence-corrected chi connectivity index (χ1v) is 6.94. The minimum Gasteiger partial charge on any atom is -0.487 e. The quantitative estimate of drug-likeness (QED) is 0.691. The van der Waals surface area contributed by atoms with E-state index in [0.717, 1.165) is 6.42 Å². The monoisotopic (exact) mass is 264 g/mol.